The summed E-state index contributed by atoms with van der Waals surface area (Å²) in [7, 11) is 1.96. The van der Waals surface area contributed by atoms with Crippen LogP contribution in [0.1, 0.15) is 83.0 Å². The molecular formula is C28H37N9O2. The van der Waals surface area contributed by atoms with Crippen molar-refractivity contribution in [1.82, 2.24) is 39.4 Å². The molecule has 7 rings (SSSR count). The lowest BCUT2D eigenvalue weighted by atomic mass is 9.80. The lowest BCUT2D eigenvalue weighted by Crippen LogP contribution is -2.31. The lowest BCUT2D eigenvalue weighted by molar-refractivity contribution is 0.264. The summed E-state index contributed by atoms with van der Waals surface area (Å²) >= 11 is 0. The van der Waals surface area contributed by atoms with Gasteiger partial charge in [-0.25, -0.2) is 19.7 Å². The van der Waals surface area contributed by atoms with E-state index < -0.39 is 5.76 Å². The molecule has 11 nitrogen and oxygen atoms in total. The molecule has 0 bridgehead atoms. The molecule has 11 heteroatoms. The van der Waals surface area contributed by atoms with Gasteiger partial charge in [0.25, 0.3) is 0 Å². The number of aromatic amines is 1. The van der Waals surface area contributed by atoms with Crippen LogP contribution in [0.4, 0.5) is 5.82 Å². The SMILES string of the molecule is CC1CCC(Cn2c(C3(c4cnn(C)c4)CC3)nc3nc(-c4noc(=O)[nH]4)nc(N[C@H](C)C4CCC4)c32)CC1. The van der Waals surface area contributed by atoms with Gasteiger partial charge in [-0.15, -0.1) is 0 Å². The van der Waals surface area contributed by atoms with Crippen LogP contribution in [-0.4, -0.2) is 45.5 Å². The van der Waals surface area contributed by atoms with Crippen molar-refractivity contribution in [3.8, 4) is 11.6 Å². The molecule has 0 saturated heterocycles. The van der Waals surface area contributed by atoms with Crippen LogP contribution in [0, 0.1) is 17.8 Å². The standard InChI is InChI=1S/C28H37N9O2/c1-16-7-9-18(10-8-16)14-37-21-22(30-17(2)19-5-4-6-19)31-24(25-34-27(38)39-35-25)32-23(21)33-26(37)28(11-12-28)20-13-29-36(3)15-20/h13,15-19H,4-12,14H2,1-3H3,(H,30,31,32)(H,34,35,38)/t16?,17-,18?/m1/s1. The topological polar surface area (TPSA) is 132 Å². The van der Waals surface area contributed by atoms with Gasteiger partial charge in [-0.05, 0) is 63.2 Å². The fourth-order valence-electron chi connectivity index (χ4n) is 6.59. The van der Waals surface area contributed by atoms with Gasteiger partial charge in [0.05, 0.1) is 11.6 Å². The third-order valence-corrected chi connectivity index (χ3v) is 9.49. The summed E-state index contributed by atoms with van der Waals surface area (Å²) in [5.41, 5.74) is 2.60. The summed E-state index contributed by atoms with van der Waals surface area (Å²) in [6.45, 7) is 5.50. The smallest absolute Gasteiger partial charge is 0.365 e. The first kappa shape index (κ1) is 24.5. The minimum Gasteiger partial charge on any atom is -0.365 e. The molecule has 3 saturated carbocycles. The maximum absolute atomic E-state index is 11.7. The number of anilines is 1. The Hall–Kier alpha value is -3.50. The third kappa shape index (κ3) is 4.35. The Bertz CT molecular complexity index is 1550. The molecule has 0 spiro atoms. The summed E-state index contributed by atoms with van der Waals surface area (Å²) in [6.07, 6.45) is 14.9. The molecule has 39 heavy (non-hydrogen) atoms. The van der Waals surface area contributed by atoms with Crippen LogP contribution in [0.25, 0.3) is 22.8 Å². The Balaban J connectivity index is 1.40. The van der Waals surface area contributed by atoms with Gasteiger partial charge < -0.3 is 9.88 Å². The minimum absolute atomic E-state index is 0.170. The maximum atomic E-state index is 11.7. The van der Waals surface area contributed by atoms with Crippen molar-refractivity contribution in [1.29, 1.82) is 0 Å². The number of rotatable bonds is 8. The number of aromatic nitrogens is 8. The highest BCUT2D eigenvalue weighted by Gasteiger charge is 2.51. The van der Waals surface area contributed by atoms with E-state index in [1.165, 1.54) is 50.5 Å². The molecule has 4 aromatic rings. The highest BCUT2D eigenvalue weighted by Crippen LogP contribution is 2.54. The van der Waals surface area contributed by atoms with E-state index in [2.05, 4.69) is 45.2 Å². The second-order valence-corrected chi connectivity index (χ2v) is 12.3. The summed E-state index contributed by atoms with van der Waals surface area (Å²) in [5.74, 6) is 3.69. The van der Waals surface area contributed by atoms with Gasteiger partial charge >= 0.3 is 5.76 Å². The van der Waals surface area contributed by atoms with Gasteiger partial charge in [0.2, 0.25) is 11.6 Å². The zero-order valence-corrected chi connectivity index (χ0v) is 23.0. The van der Waals surface area contributed by atoms with Crippen molar-refractivity contribution in [2.45, 2.75) is 89.6 Å². The van der Waals surface area contributed by atoms with Crippen molar-refractivity contribution in [2.75, 3.05) is 5.32 Å². The average molecular weight is 532 g/mol. The maximum Gasteiger partial charge on any atom is 0.439 e. The first-order valence-electron chi connectivity index (χ1n) is 14.5. The van der Waals surface area contributed by atoms with Crippen molar-refractivity contribution >= 4 is 17.0 Å². The largest absolute Gasteiger partial charge is 0.439 e. The number of hydrogen-bond donors (Lipinski definition) is 2. The molecule has 2 N–H and O–H groups in total. The molecule has 4 aromatic heterocycles. The van der Waals surface area contributed by atoms with E-state index in [1.807, 2.05) is 17.9 Å². The van der Waals surface area contributed by atoms with E-state index in [9.17, 15) is 4.79 Å². The molecule has 3 fully saturated rings. The Kier molecular flexibility index (Phi) is 5.85. The second-order valence-electron chi connectivity index (χ2n) is 12.3. The number of imidazole rings is 1. The highest BCUT2D eigenvalue weighted by molar-refractivity contribution is 5.86. The molecule has 0 aromatic carbocycles. The van der Waals surface area contributed by atoms with Crippen LogP contribution < -0.4 is 11.1 Å². The molecular weight excluding hydrogens is 494 g/mol. The van der Waals surface area contributed by atoms with Crippen LogP contribution in [0.5, 0.6) is 0 Å². The van der Waals surface area contributed by atoms with Crippen LogP contribution in [0.15, 0.2) is 21.7 Å². The van der Waals surface area contributed by atoms with Gasteiger partial charge in [0.1, 0.15) is 11.3 Å². The Morgan fingerprint density at radius 1 is 1.15 bits per heavy atom. The van der Waals surface area contributed by atoms with E-state index in [4.69, 9.17) is 19.5 Å². The van der Waals surface area contributed by atoms with E-state index in [-0.39, 0.29) is 17.3 Å². The van der Waals surface area contributed by atoms with Gasteiger partial charge in [-0.1, -0.05) is 31.3 Å². The summed E-state index contributed by atoms with van der Waals surface area (Å²) in [4.78, 5) is 29.4. The highest BCUT2D eigenvalue weighted by atomic mass is 16.5. The third-order valence-electron chi connectivity index (χ3n) is 9.49. The van der Waals surface area contributed by atoms with Crippen LogP contribution >= 0.6 is 0 Å². The molecule has 0 unspecified atom stereocenters. The number of nitrogens with one attached hydrogen (secondary N) is 2. The van der Waals surface area contributed by atoms with E-state index in [1.54, 1.807) is 0 Å². The first-order valence-corrected chi connectivity index (χ1v) is 14.5. The number of H-pyrrole nitrogens is 1. The van der Waals surface area contributed by atoms with Crippen LogP contribution in [-0.2, 0) is 19.0 Å². The summed E-state index contributed by atoms with van der Waals surface area (Å²) < 4.78 is 9.07. The minimum atomic E-state index is -0.628. The summed E-state index contributed by atoms with van der Waals surface area (Å²) in [5, 5.41) is 12.1. The normalized spacial score (nSPS) is 23.6. The van der Waals surface area contributed by atoms with Gasteiger partial charge in [0.15, 0.2) is 11.5 Å². The van der Waals surface area contributed by atoms with Crippen LogP contribution in [0.2, 0.25) is 0 Å². The zero-order chi connectivity index (χ0) is 26.7. The van der Waals surface area contributed by atoms with Gasteiger partial charge in [-0.2, -0.15) is 5.10 Å². The molecule has 1 atom stereocenters. The number of aryl methyl sites for hydroxylation is 1. The molecule has 206 valence electrons. The van der Waals surface area contributed by atoms with E-state index in [0.717, 1.165) is 42.5 Å². The fourth-order valence-corrected chi connectivity index (χ4v) is 6.59. The number of hydrogen-bond acceptors (Lipinski definition) is 8. The average Bonchev–Trinajstić information content (AvgIpc) is 3.17. The zero-order valence-electron chi connectivity index (χ0n) is 23.0. The predicted molar refractivity (Wildman–Crippen MR) is 146 cm³/mol. The van der Waals surface area contributed by atoms with Crippen molar-refractivity contribution in [3.63, 3.8) is 0 Å². The molecule has 3 aliphatic carbocycles. The lowest BCUT2D eigenvalue weighted by Gasteiger charge is -2.32. The van der Waals surface area contributed by atoms with Crippen molar-refractivity contribution in [3.05, 3.63) is 34.3 Å². The second kappa shape index (κ2) is 9.31. The number of fused-ring (bicyclic) bond motifs is 1. The quantitative estimate of drug-likeness (QED) is 0.342. The monoisotopic (exact) mass is 531 g/mol. The Morgan fingerprint density at radius 2 is 1.95 bits per heavy atom. The summed E-state index contributed by atoms with van der Waals surface area (Å²) in [6, 6.07) is 0.261. The first-order chi connectivity index (χ1) is 18.9. The Morgan fingerprint density at radius 3 is 2.56 bits per heavy atom. The fraction of sp³-hybridized carbons (Fsp3) is 0.643. The van der Waals surface area contributed by atoms with E-state index >= 15 is 0 Å². The molecule has 0 amide bonds. The molecule has 3 aliphatic rings. The van der Waals surface area contributed by atoms with Crippen molar-refractivity contribution < 1.29 is 4.52 Å². The van der Waals surface area contributed by atoms with Crippen molar-refractivity contribution in [2.24, 2.45) is 24.8 Å². The van der Waals surface area contributed by atoms with E-state index in [0.29, 0.717) is 23.3 Å². The van der Waals surface area contributed by atoms with Crippen LogP contribution in [0.3, 0.4) is 0 Å². The van der Waals surface area contributed by atoms with Gasteiger partial charge in [-0.3, -0.25) is 14.2 Å². The molecule has 0 radical (unpaired) electrons. The van der Waals surface area contributed by atoms with Gasteiger partial charge in [0, 0.05) is 31.4 Å². The predicted octanol–water partition coefficient (Wildman–Crippen LogP) is 4.41. The Labute approximate surface area is 226 Å². The molecule has 0 aliphatic heterocycles. The number of nitrogens with zero attached hydrogens (tertiary/aromatic N) is 7. The molecule has 4 heterocycles.